The van der Waals surface area contributed by atoms with Crippen molar-refractivity contribution in [2.45, 2.75) is 85.0 Å². The summed E-state index contributed by atoms with van der Waals surface area (Å²) in [6.45, 7) is 16.1. The number of para-hydroxylation sites is 2. The van der Waals surface area contributed by atoms with Crippen molar-refractivity contribution in [2.75, 3.05) is 56.2 Å². The number of fused-ring (bicyclic) bond motifs is 4. The molecule has 8 aromatic rings. The van der Waals surface area contributed by atoms with Gasteiger partial charge in [-0.15, -0.1) is 4.57 Å². The van der Waals surface area contributed by atoms with Gasteiger partial charge in [0.2, 0.25) is 16.7 Å². The molecule has 1 aliphatic heterocycles. The van der Waals surface area contributed by atoms with E-state index in [0.29, 0.717) is 24.2 Å². The van der Waals surface area contributed by atoms with E-state index in [4.69, 9.17) is 9.98 Å². The Kier molecular flexibility index (Phi) is 18.0. The van der Waals surface area contributed by atoms with E-state index >= 15 is 0 Å². The predicted octanol–water partition coefficient (Wildman–Crippen LogP) is 13.5. The molecule has 2 heterocycles. The SMILES string of the molecule is C=C1C=C(NCCCCCCNC(=O)c2ccc(-c3ccc(C(=O)NCCCCCCNc4cc5c(cc4C)nc4ccc(NC)c(C)c4[n+]5-c4ccccc4)cc3)cc2)C(C)=CC1=Nc1ccc(NC)c2c1[NH2+]c1ccccc1C2C. The van der Waals surface area contributed by atoms with E-state index in [2.05, 4.69) is 179 Å². The molecule has 1 aromatic heterocycles. The highest BCUT2D eigenvalue weighted by Crippen LogP contribution is 2.44. The van der Waals surface area contributed by atoms with Crippen molar-refractivity contribution >= 4 is 73.7 Å². The lowest BCUT2D eigenvalue weighted by atomic mass is 9.85. The number of rotatable bonds is 23. The van der Waals surface area contributed by atoms with Crippen LogP contribution in [0.15, 0.2) is 180 Å². The summed E-state index contributed by atoms with van der Waals surface area (Å²) in [5, 5.41) is 22.5. The molecule has 0 bridgehead atoms. The first-order chi connectivity index (χ1) is 40.0. The van der Waals surface area contributed by atoms with E-state index in [1.54, 1.807) is 0 Å². The Labute approximate surface area is 483 Å². The number of quaternary nitrogens is 1. The van der Waals surface area contributed by atoms with Crippen LogP contribution in [0.25, 0.3) is 38.9 Å². The van der Waals surface area contributed by atoms with E-state index < -0.39 is 0 Å². The summed E-state index contributed by atoms with van der Waals surface area (Å²) in [6.07, 6.45) is 12.3. The zero-order valence-electron chi connectivity index (χ0n) is 48.4. The van der Waals surface area contributed by atoms with Crippen LogP contribution in [0, 0.1) is 13.8 Å². The molecule has 1 unspecified atom stereocenters. The molecule has 1 aliphatic carbocycles. The normalized spacial score (nSPS) is 14.2. The minimum absolute atomic E-state index is 0.0701. The van der Waals surface area contributed by atoms with E-state index in [9.17, 15) is 9.59 Å². The number of allylic oxidation sites excluding steroid dienone is 4. The van der Waals surface area contributed by atoms with Gasteiger partial charge in [-0.25, -0.2) is 9.98 Å². The minimum Gasteiger partial charge on any atom is -0.388 e. The third kappa shape index (κ3) is 12.7. The first-order valence-corrected chi connectivity index (χ1v) is 29.2. The first kappa shape index (κ1) is 56.4. The Morgan fingerprint density at radius 1 is 0.622 bits per heavy atom. The van der Waals surface area contributed by atoms with Crippen molar-refractivity contribution in [1.82, 2.24) is 20.9 Å². The van der Waals surface area contributed by atoms with Gasteiger partial charge in [0.1, 0.15) is 22.4 Å². The average molecular weight is 1090 g/mol. The molecule has 7 aromatic carbocycles. The van der Waals surface area contributed by atoms with E-state index in [1.807, 2.05) is 62.6 Å². The molecule has 8 N–H and O–H groups in total. The van der Waals surface area contributed by atoms with Gasteiger partial charge in [-0.05, 0) is 147 Å². The zero-order chi connectivity index (χ0) is 57.1. The van der Waals surface area contributed by atoms with Gasteiger partial charge >= 0.3 is 0 Å². The number of anilines is 3. The number of unbranched alkanes of at least 4 members (excludes halogenated alkanes) is 6. The second-order valence-corrected chi connectivity index (χ2v) is 21.8. The molecule has 2 amide bonds. The van der Waals surface area contributed by atoms with Crippen LogP contribution in [0.5, 0.6) is 0 Å². The fourth-order valence-corrected chi connectivity index (χ4v) is 11.5. The van der Waals surface area contributed by atoms with Gasteiger partial charge in [0, 0.05) is 115 Å². The first-order valence-electron chi connectivity index (χ1n) is 29.2. The molecule has 12 nitrogen and oxygen atoms in total. The molecule has 10 rings (SSSR count). The van der Waals surface area contributed by atoms with E-state index in [1.165, 1.54) is 16.8 Å². The number of benzene rings is 7. The average Bonchev–Trinajstić information content (AvgIpc) is 3.64. The summed E-state index contributed by atoms with van der Waals surface area (Å²) in [6, 6.07) is 47.3. The van der Waals surface area contributed by atoms with Crippen LogP contribution in [-0.4, -0.2) is 62.8 Å². The third-order valence-corrected chi connectivity index (χ3v) is 16.2. The highest BCUT2D eigenvalue weighted by molar-refractivity contribution is 6.13. The number of hydrogen-bond donors (Lipinski definition) is 7. The predicted molar refractivity (Wildman–Crippen MR) is 339 cm³/mol. The Balaban J connectivity index is 0.605. The largest absolute Gasteiger partial charge is 0.388 e. The second kappa shape index (κ2) is 26.2. The zero-order valence-corrected chi connectivity index (χ0v) is 48.4. The lowest BCUT2D eigenvalue weighted by Gasteiger charge is -2.26. The monoisotopic (exact) mass is 1090 g/mol. The molecule has 82 heavy (non-hydrogen) atoms. The summed E-state index contributed by atoms with van der Waals surface area (Å²) in [5.41, 5.74) is 24.0. The standard InChI is InChI=1S/C70H76N10O2/c1-45-42-63(77-59-35-34-58(72-7)66-48(4)55-23-15-16-24-57(55)79-67(59)66)47(3)41-61(45)73-37-17-8-10-19-39-75-69(81)52-29-25-50(26-30-52)51-27-31-53(32-28-51)70(82)76-40-20-11-9-18-38-74-62-44-65-64(43-46(62)2)78-60-36-33-56(71-6)49(5)68(60)80(65)54-21-13-12-14-22-54/h12-16,21-36,41-44,48,72-73,79H,3,8-11,17-20,37-40H2,1-2,4-7H3,(H3,71,74,75,76,81,82)/p+2. The maximum Gasteiger partial charge on any atom is 0.251 e. The molecule has 0 saturated carbocycles. The Morgan fingerprint density at radius 3 is 1.87 bits per heavy atom. The Morgan fingerprint density at radius 2 is 1.22 bits per heavy atom. The molecule has 0 fully saturated rings. The minimum atomic E-state index is -0.0710. The van der Waals surface area contributed by atoms with Crippen molar-refractivity contribution in [3.63, 3.8) is 0 Å². The smallest absolute Gasteiger partial charge is 0.251 e. The lowest BCUT2D eigenvalue weighted by molar-refractivity contribution is -0.538. The number of nitrogens with one attached hydrogen (secondary N) is 6. The summed E-state index contributed by atoms with van der Waals surface area (Å²) >= 11 is 0. The van der Waals surface area contributed by atoms with Gasteiger partial charge < -0.3 is 31.9 Å². The van der Waals surface area contributed by atoms with Crippen LogP contribution in [0.3, 0.4) is 0 Å². The topological polar surface area (TPSA) is 152 Å². The van der Waals surface area contributed by atoms with Gasteiger partial charge in [-0.2, -0.15) is 0 Å². The number of nitrogens with two attached hydrogens (primary N) is 1. The number of hydrogen-bond acceptors (Lipinski definition) is 8. The van der Waals surface area contributed by atoms with Crippen LogP contribution < -0.4 is 41.8 Å². The molecular formula is C70H78N10O2+2. The molecule has 418 valence electrons. The van der Waals surface area contributed by atoms with Crippen molar-refractivity contribution < 1.29 is 19.5 Å². The van der Waals surface area contributed by atoms with E-state index in [-0.39, 0.29) is 17.7 Å². The van der Waals surface area contributed by atoms with Crippen LogP contribution in [0.2, 0.25) is 0 Å². The molecule has 0 saturated heterocycles. The fraction of sp³-hybridized carbons (Fsp3) is 0.271. The number of aryl methyl sites for hydroxylation is 2. The summed E-state index contributed by atoms with van der Waals surface area (Å²) in [7, 11) is 3.94. The molecule has 1 atom stereocenters. The van der Waals surface area contributed by atoms with Gasteiger partial charge in [0.25, 0.3) is 11.8 Å². The maximum absolute atomic E-state index is 13.1. The van der Waals surface area contributed by atoms with Gasteiger partial charge in [0.05, 0.1) is 5.71 Å². The van der Waals surface area contributed by atoms with Crippen LogP contribution >= 0.6 is 0 Å². The summed E-state index contributed by atoms with van der Waals surface area (Å²) in [5.74, 6) is 0.111. The Hall–Kier alpha value is -8.87. The summed E-state index contributed by atoms with van der Waals surface area (Å²) in [4.78, 5) is 36.4. The van der Waals surface area contributed by atoms with Crippen molar-refractivity contribution in [1.29, 1.82) is 0 Å². The molecule has 2 aliphatic rings. The van der Waals surface area contributed by atoms with Crippen molar-refractivity contribution in [2.24, 2.45) is 4.99 Å². The quantitative estimate of drug-likeness (QED) is 0.0146. The number of aliphatic imine (C=N–C) groups is 1. The fourth-order valence-electron chi connectivity index (χ4n) is 11.5. The number of aromatic nitrogens is 2. The molecule has 0 spiro atoms. The van der Waals surface area contributed by atoms with Crippen LogP contribution in [-0.2, 0) is 0 Å². The second-order valence-electron chi connectivity index (χ2n) is 21.8. The van der Waals surface area contributed by atoms with Gasteiger partial charge in [0.15, 0.2) is 5.69 Å². The number of amides is 2. The molecule has 0 radical (unpaired) electrons. The Bertz CT molecular complexity index is 3750. The van der Waals surface area contributed by atoms with Gasteiger partial charge in [-0.1, -0.05) is 99.8 Å². The van der Waals surface area contributed by atoms with Crippen molar-refractivity contribution in [3.8, 4) is 16.8 Å². The number of carbonyl (C=O) groups excluding carboxylic acids is 2. The van der Waals surface area contributed by atoms with Crippen LogP contribution in [0.4, 0.5) is 34.1 Å². The third-order valence-electron chi connectivity index (χ3n) is 16.2. The molecular weight excluding hydrogens is 1010 g/mol. The van der Waals surface area contributed by atoms with Gasteiger partial charge in [-0.3, -0.25) is 14.9 Å². The summed E-state index contributed by atoms with van der Waals surface area (Å²) < 4.78 is 2.33. The number of carbonyl (C=O) groups is 2. The highest BCUT2D eigenvalue weighted by atomic mass is 16.2. The maximum atomic E-state index is 13.1. The van der Waals surface area contributed by atoms with Crippen molar-refractivity contribution in [3.05, 3.63) is 208 Å². The van der Waals surface area contributed by atoms with Crippen LogP contribution in [0.1, 0.15) is 114 Å². The number of nitrogens with zero attached hydrogens (tertiary/aromatic N) is 3. The molecule has 12 heteroatoms. The highest BCUT2D eigenvalue weighted by Gasteiger charge is 2.31. The lowest BCUT2D eigenvalue weighted by Crippen LogP contribution is -2.73. The van der Waals surface area contributed by atoms with E-state index in [0.717, 1.165) is 165 Å².